The van der Waals surface area contributed by atoms with Crippen molar-refractivity contribution in [3.8, 4) is 0 Å². The molecule has 0 aliphatic carbocycles. The Hall–Kier alpha value is -1.74. The standard InChI is InChI=1S/C14H15NO2/c1-3-13(16)14(17)11-6-7-12-10(8-11)5-4-9(2)15-12/h4-8,13,16H,3H2,1-2H3. The molecule has 0 spiro atoms. The van der Waals surface area contributed by atoms with Gasteiger partial charge in [0, 0.05) is 16.6 Å². The van der Waals surface area contributed by atoms with E-state index in [0.717, 1.165) is 16.6 Å². The van der Waals surface area contributed by atoms with Crippen molar-refractivity contribution < 1.29 is 9.90 Å². The monoisotopic (exact) mass is 229 g/mol. The maximum Gasteiger partial charge on any atom is 0.191 e. The number of aliphatic hydroxyl groups excluding tert-OH is 1. The Morgan fingerprint density at radius 2 is 2.12 bits per heavy atom. The quantitative estimate of drug-likeness (QED) is 0.823. The number of aryl methyl sites for hydroxylation is 1. The highest BCUT2D eigenvalue weighted by Crippen LogP contribution is 2.16. The Morgan fingerprint density at radius 1 is 1.35 bits per heavy atom. The summed E-state index contributed by atoms with van der Waals surface area (Å²) in [5.74, 6) is -0.227. The van der Waals surface area contributed by atoms with E-state index in [1.807, 2.05) is 25.1 Å². The van der Waals surface area contributed by atoms with Gasteiger partial charge in [0.2, 0.25) is 0 Å². The first-order valence-electron chi connectivity index (χ1n) is 5.71. The molecule has 17 heavy (non-hydrogen) atoms. The lowest BCUT2D eigenvalue weighted by Gasteiger charge is -2.07. The van der Waals surface area contributed by atoms with Crippen molar-refractivity contribution in [2.24, 2.45) is 0 Å². The summed E-state index contributed by atoms with van der Waals surface area (Å²) in [6, 6.07) is 9.16. The fraction of sp³-hybridized carbons (Fsp3) is 0.286. The van der Waals surface area contributed by atoms with E-state index in [-0.39, 0.29) is 5.78 Å². The number of carbonyl (C=O) groups is 1. The van der Waals surface area contributed by atoms with Gasteiger partial charge in [-0.05, 0) is 37.6 Å². The molecular weight excluding hydrogens is 214 g/mol. The minimum Gasteiger partial charge on any atom is -0.385 e. The molecule has 1 aromatic heterocycles. The van der Waals surface area contributed by atoms with Crippen LogP contribution in [0.2, 0.25) is 0 Å². The van der Waals surface area contributed by atoms with E-state index < -0.39 is 6.10 Å². The van der Waals surface area contributed by atoms with Gasteiger partial charge in [-0.3, -0.25) is 9.78 Å². The molecule has 0 aliphatic heterocycles. The SMILES string of the molecule is CCC(O)C(=O)c1ccc2nc(C)ccc2c1. The number of nitrogens with zero attached hydrogens (tertiary/aromatic N) is 1. The third kappa shape index (κ3) is 2.34. The maximum atomic E-state index is 11.8. The zero-order valence-electron chi connectivity index (χ0n) is 9.97. The highest BCUT2D eigenvalue weighted by molar-refractivity contribution is 6.01. The highest BCUT2D eigenvalue weighted by Gasteiger charge is 2.15. The van der Waals surface area contributed by atoms with Crippen molar-refractivity contribution in [1.82, 2.24) is 4.98 Å². The Bertz CT molecular complexity index is 563. The summed E-state index contributed by atoms with van der Waals surface area (Å²) < 4.78 is 0. The lowest BCUT2D eigenvalue weighted by molar-refractivity contribution is 0.0741. The van der Waals surface area contributed by atoms with Crippen LogP contribution in [0.25, 0.3) is 10.9 Å². The zero-order valence-corrected chi connectivity index (χ0v) is 9.97. The third-order valence-corrected chi connectivity index (χ3v) is 2.80. The predicted molar refractivity (Wildman–Crippen MR) is 67.1 cm³/mol. The van der Waals surface area contributed by atoms with Crippen LogP contribution in [-0.2, 0) is 0 Å². The molecule has 0 amide bonds. The summed E-state index contributed by atoms with van der Waals surface area (Å²) in [4.78, 5) is 16.2. The van der Waals surface area contributed by atoms with E-state index in [0.29, 0.717) is 12.0 Å². The third-order valence-electron chi connectivity index (χ3n) is 2.80. The molecule has 1 heterocycles. The van der Waals surface area contributed by atoms with Crippen molar-refractivity contribution in [2.45, 2.75) is 26.4 Å². The number of rotatable bonds is 3. The second-order valence-electron chi connectivity index (χ2n) is 4.15. The molecule has 0 saturated heterocycles. The molecule has 0 aliphatic rings. The van der Waals surface area contributed by atoms with E-state index in [2.05, 4.69) is 4.98 Å². The highest BCUT2D eigenvalue weighted by atomic mass is 16.3. The van der Waals surface area contributed by atoms with Crippen LogP contribution in [0.5, 0.6) is 0 Å². The molecule has 1 N–H and O–H groups in total. The average Bonchev–Trinajstić information content (AvgIpc) is 2.36. The van der Waals surface area contributed by atoms with Crippen molar-refractivity contribution in [2.75, 3.05) is 0 Å². The van der Waals surface area contributed by atoms with Crippen LogP contribution >= 0.6 is 0 Å². The maximum absolute atomic E-state index is 11.8. The van der Waals surface area contributed by atoms with Crippen molar-refractivity contribution >= 4 is 16.7 Å². The summed E-state index contributed by atoms with van der Waals surface area (Å²) >= 11 is 0. The number of hydrogen-bond acceptors (Lipinski definition) is 3. The number of Topliss-reactive ketones (excluding diaryl/α,β-unsaturated/α-hetero) is 1. The molecule has 0 radical (unpaired) electrons. The van der Waals surface area contributed by atoms with E-state index >= 15 is 0 Å². The first kappa shape index (κ1) is 11.7. The van der Waals surface area contributed by atoms with Gasteiger partial charge < -0.3 is 5.11 Å². The first-order valence-corrected chi connectivity index (χ1v) is 5.71. The molecule has 2 aromatic rings. The molecule has 1 atom stereocenters. The van der Waals surface area contributed by atoms with E-state index in [1.54, 1.807) is 19.1 Å². The van der Waals surface area contributed by atoms with Crippen LogP contribution in [0, 0.1) is 6.92 Å². The molecule has 3 heteroatoms. The van der Waals surface area contributed by atoms with Crippen molar-refractivity contribution in [3.05, 3.63) is 41.6 Å². The topological polar surface area (TPSA) is 50.2 Å². The van der Waals surface area contributed by atoms with E-state index in [9.17, 15) is 9.90 Å². The van der Waals surface area contributed by atoms with Crippen LogP contribution < -0.4 is 0 Å². The number of carbonyl (C=O) groups excluding carboxylic acids is 1. The van der Waals surface area contributed by atoms with E-state index in [4.69, 9.17) is 0 Å². The summed E-state index contributed by atoms with van der Waals surface area (Å²) in [5.41, 5.74) is 2.36. The van der Waals surface area contributed by atoms with Gasteiger partial charge in [0.15, 0.2) is 5.78 Å². The van der Waals surface area contributed by atoms with Gasteiger partial charge in [-0.1, -0.05) is 13.0 Å². The number of ketones is 1. The van der Waals surface area contributed by atoms with Crippen LogP contribution in [-0.4, -0.2) is 22.0 Å². The molecule has 3 nitrogen and oxygen atoms in total. The summed E-state index contributed by atoms with van der Waals surface area (Å²) in [7, 11) is 0. The largest absolute Gasteiger partial charge is 0.385 e. The lowest BCUT2D eigenvalue weighted by atomic mass is 10.0. The van der Waals surface area contributed by atoms with Gasteiger partial charge in [-0.2, -0.15) is 0 Å². The fourth-order valence-corrected chi connectivity index (χ4v) is 1.76. The average molecular weight is 229 g/mol. The Balaban J connectivity index is 2.45. The molecule has 0 saturated carbocycles. The predicted octanol–water partition coefficient (Wildman–Crippen LogP) is 2.50. The molecule has 0 fully saturated rings. The number of aliphatic hydroxyl groups is 1. The van der Waals surface area contributed by atoms with Gasteiger partial charge in [0.1, 0.15) is 6.10 Å². The lowest BCUT2D eigenvalue weighted by Crippen LogP contribution is -2.19. The van der Waals surface area contributed by atoms with Crippen molar-refractivity contribution in [1.29, 1.82) is 0 Å². The van der Waals surface area contributed by atoms with Crippen LogP contribution in [0.1, 0.15) is 29.4 Å². The second-order valence-corrected chi connectivity index (χ2v) is 4.15. The zero-order chi connectivity index (χ0) is 12.4. The van der Waals surface area contributed by atoms with Crippen LogP contribution in [0.4, 0.5) is 0 Å². The molecular formula is C14H15NO2. The number of aromatic nitrogens is 1. The minimum absolute atomic E-state index is 0.227. The van der Waals surface area contributed by atoms with Crippen molar-refractivity contribution in [3.63, 3.8) is 0 Å². The summed E-state index contributed by atoms with van der Waals surface area (Å²) in [6.07, 6.45) is -0.478. The molecule has 2 rings (SSSR count). The molecule has 88 valence electrons. The van der Waals surface area contributed by atoms with Gasteiger partial charge in [-0.25, -0.2) is 0 Å². The summed E-state index contributed by atoms with van der Waals surface area (Å²) in [6.45, 7) is 3.72. The Kier molecular flexibility index (Phi) is 3.20. The normalized spacial score (nSPS) is 12.6. The molecule has 1 unspecified atom stereocenters. The smallest absolute Gasteiger partial charge is 0.191 e. The number of hydrogen-bond donors (Lipinski definition) is 1. The van der Waals surface area contributed by atoms with Crippen LogP contribution in [0.15, 0.2) is 30.3 Å². The Morgan fingerprint density at radius 3 is 2.82 bits per heavy atom. The number of fused-ring (bicyclic) bond motifs is 1. The molecule has 1 aromatic carbocycles. The van der Waals surface area contributed by atoms with Gasteiger partial charge >= 0.3 is 0 Å². The van der Waals surface area contributed by atoms with E-state index in [1.165, 1.54) is 0 Å². The Labute approximate surface area is 100 Å². The van der Waals surface area contributed by atoms with Crippen LogP contribution in [0.3, 0.4) is 0 Å². The summed E-state index contributed by atoms with van der Waals surface area (Å²) in [5, 5.41) is 10.5. The number of benzene rings is 1. The molecule has 0 bridgehead atoms. The first-order chi connectivity index (χ1) is 8.11. The van der Waals surface area contributed by atoms with Gasteiger partial charge in [-0.15, -0.1) is 0 Å². The van der Waals surface area contributed by atoms with Gasteiger partial charge in [0.25, 0.3) is 0 Å². The fourth-order valence-electron chi connectivity index (χ4n) is 1.76. The minimum atomic E-state index is -0.911. The second kappa shape index (κ2) is 4.63. The van der Waals surface area contributed by atoms with Gasteiger partial charge in [0.05, 0.1) is 5.52 Å². The number of pyridine rings is 1.